The number of rotatable bonds is 3. The molecule has 0 aromatic carbocycles. The third kappa shape index (κ3) is 2.62. The minimum Gasteiger partial charge on any atom is -0.321 e. The highest BCUT2D eigenvalue weighted by atomic mass is 79.9. The van der Waals surface area contributed by atoms with Gasteiger partial charge in [-0.15, -0.1) is 11.3 Å². The minimum atomic E-state index is -0.384. The van der Waals surface area contributed by atoms with Gasteiger partial charge in [0, 0.05) is 9.85 Å². The molecule has 0 saturated carbocycles. The van der Waals surface area contributed by atoms with E-state index in [1.54, 1.807) is 0 Å². The molecule has 13 heavy (non-hydrogen) atoms. The smallest absolute Gasteiger partial charge is 0.189 e. The van der Waals surface area contributed by atoms with Crippen LogP contribution in [0.1, 0.15) is 23.5 Å². The topological polar surface area (TPSA) is 43.1 Å². The van der Waals surface area contributed by atoms with Crippen LogP contribution in [-0.2, 0) is 0 Å². The molecular formula is C9H12BrNOS. The molecule has 0 amide bonds. The second-order valence-corrected chi connectivity index (χ2v) is 5.09. The standard InChI is InChI=1S/C9H12BrNOS/c1-5(2)8(11)9(12)7-3-6(10)4-13-7/h3-5,8H,11H2,1-2H3. The molecule has 1 aromatic rings. The van der Waals surface area contributed by atoms with E-state index in [2.05, 4.69) is 15.9 Å². The van der Waals surface area contributed by atoms with Crippen molar-refractivity contribution in [1.29, 1.82) is 0 Å². The van der Waals surface area contributed by atoms with E-state index in [9.17, 15) is 4.79 Å². The summed E-state index contributed by atoms with van der Waals surface area (Å²) < 4.78 is 0.941. The maximum atomic E-state index is 11.7. The number of halogens is 1. The molecule has 2 nitrogen and oxygen atoms in total. The molecule has 0 aliphatic carbocycles. The number of Topliss-reactive ketones (excluding diaryl/α,β-unsaturated/α-hetero) is 1. The monoisotopic (exact) mass is 261 g/mol. The van der Waals surface area contributed by atoms with E-state index in [-0.39, 0.29) is 17.7 Å². The van der Waals surface area contributed by atoms with Gasteiger partial charge in [-0.2, -0.15) is 0 Å². The van der Waals surface area contributed by atoms with Crippen LogP contribution in [0.3, 0.4) is 0 Å². The van der Waals surface area contributed by atoms with Gasteiger partial charge < -0.3 is 5.73 Å². The van der Waals surface area contributed by atoms with Crippen molar-refractivity contribution in [2.45, 2.75) is 19.9 Å². The van der Waals surface area contributed by atoms with Crippen LogP contribution in [0.2, 0.25) is 0 Å². The first-order valence-electron chi connectivity index (χ1n) is 4.06. The van der Waals surface area contributed by atoms with Crippen LogP contribution in [0.5, 0.6) is 0 Å². The van der Waals surface area contributed by atoms with Crippen molar-refractivity contribution >= 4 is 33.0 Å². The van der Waals surface area contributed by atoms with Gasteiger partial charge in [0.05, 0.1) is 10.9 Å². The average molecular weight is 262 g/mol. The Bertz CT molecular complexity index is 308. The van der Waals surface area contributed by atoms with Crippen LogP contribution in [-0.4, -0.2) is 11.8 Å². The Morgan fingerprint density at radius 3 is 2.62 bits per heavy atom. The van der Waals surface area contributed by atoms with Gasteiger partial charge in [-0.05, 0) is 27.9 Å². The van der Waals surface area contributed by atoms with E-state index in [0.717, 1.165) is 9.35 Å². The van der Waals surface area contributed by atoms with Crippen LogP contribution in [0.15, 0.2) is 15.9 Å². The summed E-state index contributed by atoms with van der Waals surface area (Å²) in [5.74, 6) is 0.221. The summed E-state index contributed by atoms with van der Waals surface area (Å²) in [6, 6.07) is 1.43. The van der Waals surface area contributed by atoms with Crippen molar-refractivity contribution < 1.29 is 4.79 Å². The second kappa shape index (κ2) is 4.35. The van der Waals surface area contributed by atoms with Crippen LogP contribution < -0.4 is 5.73 Å². The van der Waals surface area contributed by atoms with E-state index in [1.165, 1.54) is 11.3 Å². The fourth-order valence-electron chi connectivity index (χ4n) is 0.909. The van der Waals surface area contributed by atoms with Gasteiger partial charge in [-0.1, -0.05) is 13.8 Å². The number of carbonyl (C=O) groups is 1. The van der Waals surface area contributed by atoms with Gasteiger partial charge in [0.2, 0.25) is 0 Å². The number of carbonyl (C=O) groups excluding carboxylic acids is 1. The normalized spacial score (nSPS) is 13.3. The number of nitrogens with two attached hydrogens (primary N) is 1. The summed E-state index contributed by atoms with van der Waals surface area (Å²) in [4.78, 5) is 12.4. The molecule has 0 aliphatic heterocycles. The first-order valence-corrected chi connectivity index (χ1v) is 5.73. The predicted octanol–water partition coefficient (Wildman–Crippen LogP) is 2.68. The molecule has 1 atom stereocenters. The fraction of sp³-hybridized carbons (Fsp3) is 0.444. The lowest BCUT2D eigenvalue weighted by Crippen LogP contribution is -2.35. The molecule has 0 aliphatic rings. The van der Waals surface area contributed by atoms with Crippen LogP contribution in [0, 0.1) is 5.92 Å². The molecule has 72 valence electrons. The van der Waals surface area contributed by atoms with Crippen molar-refractivity contribution in [3.63, 3.8) is 0 Å². The first-order chi connectivity index (χ1) is 6.02. The van der Waals surface area contributed by atoms with Gasteiger partial charge in [0.15, 0.2) is 5.78 Å². The Morgan fingerprint density at radius 2 is 2.23 bits per heavy atom. The Balaban J connectivity index is 2.79. The van der Waals surface area contributed by atoms with Crippen LogP contribution in [0.25, 0.3) is 0 Å². The highest BCUT2D eigenvalue weighted by Gasteiger charge is 2.20. The highest BCUT2D eigenvalue weighted by Crippen LogP contribution is 2.21. The Morgan fingerprint density at radius 1 is 1.62 bits per heavy atom. The zero-order valence-corrected chi connectivity index (χ0v) is 9.98. The third-order valence-electron chi connectivity index (χ3n) is 1.83. The van der Waals surface area contributed by atoms with Gasteiger partial charge in [0.25, 0.3) is 0 Å². The number of thiophene rings is 1. The van der Waals surface area contributed by atoms with Crippen molar-refractivity contribution in [3.8, 4) is 0 Å². The Kier molecular flexibility index (Phi) is 3.64. The maximum absolute atomic E-state index is 11.7. The lowest BCUT2D eigenvalue weighted by Gasteiger charge is -2.12. The molecule has 1 heterocycles. The number of hydrogen-bond donors (Lipinski definition) is 1. The minimum absolute atomic E-state index is 0.0331. The van der Waals surface area contributed by atoms with Crippen molar-refractivity contribution in [1.82, 2.24) is 0 Å². The Hall–Kier alpha value is -0.190. The van der Waals surface area contributed by atoms with E-state index < -0.39 is 0 Å². The van der Waals surface area contributed by atoms with Crippen molar-refractivity contribution in [2.75, 3.05) is 0 Å². The summed E-state index contributed by atoms with van der Waals surface area (Å²) in [6.45, 7) is 3.90. The SMILES string of the molecule is CC(C)C(N)C(=O)c1cc(Br)cs1. The predicted molar refractivity (Wildman–Crippen MR) is 59.2 cm³/mol. The zero-order valence-electron chi connectivity index (χ0n) is 7.58. The highest BCUT2D eigenvalue weighted by molar-refractivity contribution is 9.10. The maximum Gasteiger partial charge on any atom is 0.189 e. The van der Waals surface area contributed by atoms with Gasteiger partial charge >= 0.3 is 0 Å². The molecule has 0 fully saturated rings. The molecule has 1 rings (SSSR count). The first kappa shape index (κ1) is 10.9. The average Bonchev–Trinajstić information content (AvgIpc) is 2.49. The van der Waals surface area contributed by atoms with E-state index in [1.807, 2.05) is 25.3 Å². The number of hydrogen-bond acceptors (Lipinski definition) is 3. The van der Waals surface area contributed by atoms with E-state index in [4.69, 9.17) is 5.73 Å². The molecule has 0 radical (unpaired) electrons. The molecule has 0 bridgehead atoms. The lowest BCUT2D eigenvalue weighted by molar-refractivity contribution is 0.0944. The molecular weight excluding hydrogens is 250 g/mol. The second-order valence-electron chi connectivity index (χ2n) is 3.26. The molecule has 0 saturated heterocycles. The van der Waals surface area contributed by atoms with Gasteiger partial charge in [0.1, 0.15) is 0 Å². The van der Waals surface area contributed by atoms with E-state index >= 15 is 0 Å². The number of ketones is 1. The van der Waals surface area contributed by atoms with Crippen molar-refractivity contribution in [2.24, 2.45) is 11.7 Å². The quantitative estimate of drug-likeness (QED) is 0.851. The van der Waals surface area contributed by atoms with Gasteiger partial charge in [-0.25, -0.2) is 0 Å². The molecule has 1 aromatic heterocycles. The molecule has 0 spiro atoms. The van der Waals surface area contributed by atoms with Crippen molar-refractivity contribution in [3.05, 3.63) is 20.8 Å². The van der Waals surface area contributed by atoms with Gasteiger partial charge in [-0.3, -0.25) is 4.79 Å². The molecule has 4 heteroatoms. The fourth-order valence-corrected chi connectivity index (χ4v) is 2.32. The van der Waals surface area contributed by atoms with Crippen LogP contribution in [0.4, 0.5) is 0 Å². The largest absolute Gasteiger partial charge is 0.321 e. The van der Waals surface area contributed by atoms with Crippen LogP contribution >= 0.6 is 27.3 Å². The summed E-state index contributed by atoms with van der Waals surface area (Å²) >= 11 is 4.73. The summed E-state index contributed by atoms with van der Waals surface area (Å²) in [5, 5.41) is 1.89. The summed E-state index contributed by atoms with van der Waals surface area (Å²) in [7, 11) is 0. The third-order valence-corrected chi connectivity index (χ3v) is 3.54. The molecule has 2 N–H and O–H groups in total. The lowest BCUT2D eigenvalue weighted by atomic mass is 10.0. The molecule has 1 unspecified atom stereocenters. The zero-order chi connectivity index (χ0) is 10.0. The summed E-state index contributed by atoms with van der Waals surface area (Å²) in [6.07, 6.45) is 0. The summed E-state index contributed by atoms with van der Waals surface area (Å²) in [5.41, 5.74) is 5.74. The van der Waals surface area contributed by atoms with E-state index in [0.29, 0.717) is 0 Å². The Labute approximate surface area is 90.3 Å².